The molecule has 2 amide bonds. The zero-order valence-corrected chi connectivity index (χ0v) is 28.0. The van der Waals surface area contributed by atoms with Gasteiger partial charge in [-0.2, -0.15) is 0 Å². The van der Waals surface area contributed by atoms with Gasteiger partial charge in [-0.3, -0.25) is 9.59 Å². The summed E-state index contributed by atoms with van der Waals surface area (Å²) < 4.78 is 35.6. The van der Waals surface area contributed by atoms with Crippen LogP contribution in [-0.2, 0) is 21.4 Å². The Bertz CT molecular complexity index is 1860. The number of ether oxygens (including phenoxy) is 1. The van der Waals surface area contributed by atoms with Crippen molar-refractivity contribution in [3.8, 4) is 17.0 Å². The molecule has 2 aliphatic carbocycles. The fourth-order valence-corrected chi connectivity index (χ4v) is 9.75. The van der Waals surface area contributed by atoms with Crippen LogP contribution in [-0.4, -0.2) is 79.2 Å². The highest BCUT2D eigenvalue weighted by Gasteiger charge is 2.66. The van der Waals surface area contributed by atoms with Crippen molar-refractivity contribution in [3.63, 3.8) is 0 Å². The van der Waals surface area contributed by atoms with Crippen molar-refractivity contribution in [3.05, 3.63) is 53.1 Å². The molecule has 2 aromatic carbocycles. The van der Waals surface area contributed by atoms with Gasteiger partial charge >= 0.3 is 0 Å². The van der Waals surface area contributed by atoms with E-state index in [2.05, 4.69) is 38.3 Å². The van der Waals surface area contributed by atoms with Crippen LogP contribution in [0.2, 0.25) is 0 Å². The van der Waals surface area contributed by atoms with Crippen LogP contribution in [0, 0.1) is 5.41 Å². The van der Waals surface area contributed by atoms with Gasteiger partial charge in [0.25, 0.3) is 5.91 Å². The number of nitrogens with zero attached hydrogens (tertiary/aromatic N) is 3. The minimum Gasteiger partial charge on any atom is -0.497 e. The van der Waals surface area contributed by atoms with E-state index in [1.54, 1.807) is 27.0 Å². The molecule has 3 aliphatic heterocycles. The van der Waals surface area contributed by atoms with Crippen molar-refractivity contribution in [2.45, 2.75) is 94.5 Å². The SMILES string of the molecule is COc1ccc2c(c1)C1CC1(C(=O)N1C3CC1CN(C)C3)Cn1c-2c(C2CCCCC2)c2ccc(C(=O)NS(=O)(=O)C(C)C)cc21. The van der Waals surface area contributed by atoms with Crippen LogP contribution in [0.4, 0.5) is 0 Å². The summed E-state index contributed by atoms with van der Waals surface area (Å²) in [7, 11) is 0.0368. The van der Waals surface area contributed by atoms with Crippen molar-refractivity contribution in [1.82, 2.24) is 19.1 Å². The summed E-state index contributed by atoms with van der Waals surface area (Å²) in [6, 6.07) is 12.5. The lowest BCUT2D eigenvalue weighted by molar-refractivity contribution is -0.159. The van der Waals surface area contributed by atoms with E-state index in [-0.39, 0.29) is 23.9 Å². The molecule has 1 aromatic heterocycles. The minimum atomic E-state index is -3.79. The van der Waals surface area contributed by atoms with Gasteiger partial charge in [-0.25, -0.2) is 13.1 Å². The van der Waals surface area contributed by atoms with Crippen molar-refractivity contribution in [2.75, 3.05) is 27.2 Å². The van der Waals surface area contributed by atoms with Crippen molar-refractivity contribution < 1.29 is 22.7 Å². The molecule has 244 valence electrons. The average molecular weight is 645 g/mol. The second kappa shape index (κ2) is 10.6. The Morgan fingerprint density at radius 1 is 1.02 bits per heavy atom. The summed E-state index contributed by atoms with van der Waals surface area (Å²) in [5, 5.41) is 0.366. The highest BCUT2D eigenvalue weighted by molar-refractivity contribution is 7.90. The van der Waals surface area contributed by atoms with Gasteiger partial charge in [-0.15, -0.1) is 0 Å². The number of hydrogen-bond acceptors (Lipinski definition) is 6. The third-order valence-corrected chi connectivity index (χ3v) is 13.4. The standard InChI is InChI=1S/C36H44N4O5S/c1-21(2)46(43,44)37-34(41)23-10-12-28-31(14-23)39-20-36(35(42)40-24-15-25(40)19-38(3)18-24)17-30(36)29-16-26(45-4)11-13-27(29)33(39)32(28)22-8-6-5-7-9-22/h10-14,16,21-22,24-25,30H,5-9,15,17-20H2,1-4H3,(H,37,41). The van der Waals surface area contributed by atoms with Crippen LogP contribution in [0.1, 0.15) is 92.1 Å². The molecule has 2 bridgehead atoms. The largest absolute Gasteiger partial charge is 0.497 e. The Kier molecular flexibility index (Phi) is 6.89. The Morgan fingerprint density at radius 3 is 2.46 bits per heavy atom. The second-order valence-corrected chi connectivity index (χ2v) is 17.0. The number of hydrogen-bond donors (Lipinski definition) is 1. The zero-order chi connectivity index (χ0) is 32.1. The summed E-state index contributed by atoms with van der Waals surface area (Å²) in [6.45, 7) is 5.47. The molecule has 0 spiro atoms. The Morgan fingerprint density at radius 2 is 1.76 bits per heavy atom. The van der Waals surface area contributed by atoms with E-state index in [1.165, 1.54) is 30.4 Å². The number of aromatic nitrogens is 1. The molecule has 4 fully saturated rings. The van der Waals surface area contributed by atoms with Gasteiger partial charge < -0.3 is 19.1 Å². The first-order chi connectivity index (χ1) is 22.0. The molecule has 46 heavy (non-hydrogen) atoms. The van der Waals surface area contributed by atoms with Gasteiger partial charge in [-0.1, -0.05) is 25.3 Å². The van der Waals surface area contributed by atoms with E-state index in [9.17, 15) is 18.0 Å². The van der Waals surface area contributed by atoms with Gasteiger partial charge in [0.15, 0.2) is 0 Å². The predicted molar refractivity (Wildman–Crippen MR) is 178 cm³/mol. The van der Waals surface area contributed by atoms with Gasteiger partial charge in [0.2, 0.25) is 15.9 Å². The van der Waals surface area contributed by atoms with Crippen LogP contribution in [0.3, 0.4) is 0 Å². The summed E-state index contributed by atoms with van der Waals surface area (Å²) in [5.41, 5.74) is 5.40. The van der Waals surface area contributed by atoms with Crippen LogP contribution in [0.5, 0.6) is 5.75 Å². The summed E-state index contributed by atoms with van der Waals surface area (Å²) in [4.78, 5) is 32.6. The highest BCUT2D eigenvalue weighted by atomic mass is 32.2. The molecule has 1 N–H and O–H groups in total. The first-order valence-electron chi connectivity index (χ1n) is 16.9. The van der Waals surface area contributed by atoms with Crippen molar-refractivity contribution in [2.24, 2.45) is 5.41 Å². The maximum Gasteiger partial charge on any atom is 0.264 e. The summed E-state index contributed by atoms with van der Waals surface area (Å²) in [5.74, 6) is 0.877. The number of methoxy groups -OCH3 is 1. The molecular weight excluding hydrogens is 600 g/mol. The first-order valence-corrected chi connectivity index (χ1v) is 18.5. The topological polar surface area (TPSA) is 101 Å². The number of benzene rings is 2. The quantitative estimate of drug-likeness (QED) is 0.394. The number of piperidine rings is 1. The molecule has 9 nitrogen and oxygen atoms in total. The lowest BCUT2D eigenvalue weighted by Gasteiger charge is -2.56. The van der Waals surface area contributed by atoms with Gasteiger partial charge in [0.1, 0.15) is 5.75 Å². The maximum absolute atomic E-state index is 14.8. The number of amides is 2. The van der Waals surface area contributed by atoms with Crippen LogP contribution >= 0.6 is 0 Å². The van der Waals surface area contributed by atoms with Crippen molar-refractivity contribution in [1.29, 1.82) is 0 Å². The average Bonchev–Trinajstić information content (AvgIpc) is 3.71. The van der Waals surface area contributed by atoms with E-state index < -0.39 is 26.6 Å². The number of rotatable bonds is 6. The van der Waals surface area contributed by atoms with E-state index in [1.807, 2.05) is 18.2 Å². The van der Waals surface area contributed by atoms with E-state index in [4.69, 9.17) is 4.74 Å². The number of fused-ring (bicyclic) bond motifs is 9. The third kappa shape index (κ3) is 4.46. The molecule has 4 atom stereocenters. The molecule has 0 radical (unpaired) electrons. The lowest BCUT2D eigenvalue weighted by Crippen LogP contribution is -2.70. The monoisotopic (exact) mass is 644 g/mol. The maximum atomic E-state index is 14.8. The molecule has 2 saturated carbocycles. The lowest BCUT2D eigenvalue weighted by atomic mass is 9.81. The van der Waals surface area contributed by atoms with Gasteiger partial charge in [-0.05, 0) is 94.0 Å². The number of carbonyl (C=O) groups is 2. The number of carbonyl (C=O) groups excluding carboxylic acids is 2. The normalized spacial score (nSPS) is 27.3. The fraction of sp³-hybridized carbons (Fsp3) is 0.556. The smallest absolute Gasteiger partial charge is 0.264 e. The number of likely N-dealkylation sites (tertiary alicyclic amines) is 2. The highest BCUT2D eigenvalue weighted by Crippen LogP contribution is 2.67. The molecule has 4 unspecified atom stereocenters. The zero-order valence-electron chi connectivity index (χ0n) is 27.2. The molecule has 8 rings (SSSR count). The predicted octanol–water partition coefficient (Wildman–Crippen LogP) is 5.23. The molecule has 3 aromatic rings. The molecular formula is C36H44N4O5S. The first kappa shape index (κ1) is 30.0. The minimum absolute atomic E-state index is 0.0842. The second-order valence-electron chi connectivity index (χ2n) is 14.8. The van der Waals surface area contributed by atoms with E-state index in [0.717, 1.165) is 66.7 Å². The fourth-order valence-electron chi connectivity index (χ4n) is 9.14. The van der Waals surface area contributed by atoms with Crippen molar-refractivity contribution >= 4 is 32.7 Å². The third-order valence-electron chi connectivity index (χ3n) is 11.7. The number of likely N-dealkylation sites (N-methyl/N-ethyl adjacent to an activating group) is 1. The Hall–Kier alpha value is -3.37. The Labute approximate surface area is 271 Å². The summed E-state index contributed by atoms with van der Waals surface area (Å²) in [6.07, 6.45) is 7.65. The van der Waals surface area contributed by atoms with Crippen LogP contribution in [0.15, 0.2) is 36.4 Å². The number of piperazine rings is 1. The summed E-state index contributed by atoms with van der Waals surface area (Å²) >= 11 is 0. The van der Waals surface area contributed by atoms with Crippen LogP contribution < -0.4 is 9.46 Å². The van der Waals surface area contributed by atoms with Crippen LogP contribution in [0.25, 0.3) is 22.2 Å². The van der Waals surface area contributed by atoms with E-state index in [0.29, 0.717) is 18.0 Å². The number of nitrogens with one attached hydrogen (secondary N) is 1. The van der Waals surface area contributed by atoms with E-state index >= 15 is 0 Å². The molecule has 10 heteroatoms. The molecule has 5 aliphatic rings. The molecule has 2 saturated heterocycles. The van der Waals surface area contributed by atoms with Gasteiger partial charge in [0.05, 0.1) is 23.5 Å². The Balaban J connectivity index is 1.32. The number of sulfonamides is 1. The van der Waals surface area contributed by atoms with Gasteiger partial charge in [0, 0.05) is 59.7 Å². The molecule has 4 heterocycles.